The molecular formula is C16H22N4O. The van der Waals surface area contributed by atoms with Crippen molar-refractivity contribution in [1.29, 1.82) is 0 Å². The van der Waals surface area contributed by atoms with Gasteiger partial charge < -0.3 is 15.2 Å². The van der Waals surface area contributed by atoms with E-state index in [-0.39, 0.29) is 5.91 Å². The summed E-state index contributed by atoms with van der Waals surface area (Å²) in [6.07, 6.45) is 3.90. The first-order valence-electron chi connectivity index (χ1n) is 7.69. The number of amides is 1. The molecule has 0 bridgehead atoms. The maximum absolute atomic E-state index is 12.2. The van der Waals surface area contributed by atoms with Gasteiger partial charge in [0.25, 0.3) is 5.91 Å². The van der Waals surface area contributed by atoms with Crippen molar-refractivity contribution in [3.8, 4) is 0 Å². The lowest BCUT2D eigenvalue weighted by Gasteiger charge is -2.26. The molecule has 0 aliphatic carbocycles. The predicted molar refractivity (Wildman–Crippen MR) is 83.5 cm³/mol. The van der Waals surface area contributed by atoms with Crippen LogP contribution in [0.1, 0.15) is 35.4 Å². The lowest BCUT2D eigenvalue weighted by Crippen LogP contribution is -2.37. The van der Waals surface area contributed by atoms with E-state index < -0.39 is 0 Å². The van der Waals surface area contributed by atoms with Crippen LogP contribution in [0.3, 0.4) is 0 Å². The Morgan fingerprint density at radius 1 is 1.33 bits per heavy atom. The van der Waals surface area contributed by atoms with Crippen LogP contribution >= 0.6 is 0 Å². The Labute approximate surface area is 124 Å². The van der Waals surface area contributed by atoms with E-state index >= 15 is 0 Å². The van der Waals surface area contributed by atoms with E-state index in [0.717, 1.165) is 36.5 Å². The molecule has 1 aromatic heterocycles. The lowest BCUT2D eigenvalue weighted by atomic mass is 10.1. The van der Waals surface area contributed by atoms with E-state index in [4.69, 9.17) is 0 Å². The van der Waals surface area contributed by atoms with Gasteiger partial charge in [-0.25, -0.2) is 4.98 Å². The normalized spacial score (nSPS) is 16.2. The van der Waals surface area contributed by atoms with E-state index in [1.807, 2.05) is 25.1 Å². The fourth-order valence-corrected chi connectivity index (χ4v) is 2.89. The van der Waals surface area contributed by atoms with Gasteiger partial charge in [-0.2, -0.15) is 0 Å². The first-order chi connectivity index (χ1) is 10.2. The number of likely N-dealkylation sites (tertiary alicyclic amines) is 1. The minimum atomic E-state index is -0.0128. The number of aromatic nitrogens is 2. The van der Waals surface area contributed by atoms with Crippen molar-refractivity contribution in [2.45, 2.75) is 26.2 Å². The first kappa shape index (κ1) is 14.1. The molecule has 3 rings (SSSR count). The number of carbonyl (C=O) groups is 1. The molecule has 0 spiro atoms. The van der Waals surface area contributed by atoms with E-state index in [1.54, 1.807) is 0 Å². The largest absolute Gasteiger partial charge is 0.351 e. The zero-order valence-corrected chi connectivity index (χ0v) is 12.5. The summed E-state index contributed by atoms with van der Waals surface area (Å²) in [6, 6.07) is 5.59. The Morgan fingerprint density at radius 3 is 2.95 bits per heavy atom. The molecule has 1 aromatic carbocycles. The maximum atomic E-state index is 12.2. The summed E-state index contributed by atoms with van der Waals surface area (Å²) < 4.78 is 0. The zero-order valence-electron chi connectivity index (χ0n) is 12.5. The van der Waals surface area contributed by atoms with Crippen molar-refractivity contribution in [2.24, 2.45) is 0 Å². The third kappa shape index (κ3) is 3.42. The first-order valence-corrected chi connectivity index (χ1v) is 7.69. The van der Waals surface area contributed by atoms with Crippen LogP contribution in [0.15, 0.2) is 18.2 Å². The average molecular weight is 286 g/mol. The number of nitrogens with zero attached hydrogens (tertiary/aromatic N) is 2. The van der Waals surface area contributed by atoms with Gasteiger partial charge in [-0.1, -0.05) is 6.42 Å². The summed E-state index contributed by atoms with van der Waals surface area (Å²) in [6.45, 7) is 5.89. The molecule has 5 heteroatoms. The molecule has 1 fully saturated rings. The van der Waals surface area contributed by atoms with Crippen molar-refractivity contribution < 1.29 is 4.79 Å². The summed E-state index contributed by atoms with van der Waals surface area (Å²) >= 11 is 0. The SMILES string of the molecule is Cc1nc2ccc(C(=O)NCCN3CCCCC3)cc2[nH]1. The van der Waals surface area contributed by atoms with Crippen LogP contribution < -0.4 is 5.32 Å². The summed E-state index contributed by atoms with van der Waals surface area (Å²) in [5.74, 6) is 0.855. The average Bonchev–Trinajstić information content (AvgIpc) is 2.87. The third-order valence-electron chi connectivity index (χ3n) is 4.02. The number of piperidine rings is 1. The van der Waals surface area contributed by atoms with Gasteiger partial charge in [-0.3, -0.25) is 4.79 Å². The number of carbonyl (C=O) groups excluding carboxylic acids is 1. The van der Waals surface area contributed by atoms with Gasteiger partial charge in [0.05, 0.1) is 11.0 Å². The fraction of sp³-hybridized carbons (Fsp3) is 0.500. The number of benzene rings is 1. The molecular weight excluding hydrogens is 264 g/mol. The Kier molecular flexibility index (Phi) is 4.20. The third-order valence-corrected chi connectivity index (χ3v) is 4.02. The number of hydrogen-bond acceptors (Lipinski definition) is 3. The number of H-pyrrole nitrogens is 1. The Morgan fingerprint density at radius 2 is 2.14 bits per heavy atom. The van der Waals surface area contributed by atoms with Gasteiger partial charge in [0, 0.05) is 18.7 Å². The van der Waals surface area contributed by atoms with Crippen LogP contribution in [0.5, 0.6) is 0 Å². The van der Waals surface area contributed by atoms with Gasteiger partial charge in [-0.15, -0.1) is 0 Å². The van der Waals surface area contributed by atoms with Gasteiger partial charge >= 0.3 is 0 Å². The van der Waals surface area contributed by atoms with E-state index in [0.29, 0.717) is 12.1 Å². The molecule has 1 amide bonds. The van der Waals surface area contributed by atoms with Crippen LogP contribution in [-0.4, -0.2) is 47.0 Å². The molecule has 112 valence electrons. The number of rotatable bonds is 4. The highest BCUT2D eigenvalue weighted by atomic mass is 16.1. The molecule has 1 aliphatic rings. The second-order valence-corrected chi connectivity index (χ2v) is 5.71. The van der Waals surface area contributed by atoms with E-state index in [9.17, 15) is 4.79 Å². The van der Waals surface area contributed by atoms with Crippen molar-refractivity contribution in [2.75, 3.05) is 26.2 Å². The smallest absolute Gasteiger partial charge is 0.251 e. The zero-order chi connectivity index (χ0) is 14.7. The predicted octanol–water partition coefficient (Wildman–Crippen LogP) is 2.09. The molecule has 21 heavy (non-hydrogen) atoms. The Balaban J connectivity index is 1.55. The summed E-state index contributed by atoms with van der Waals surface area (Å²) in [7, 11) is 0. The highest BCUT2D eigenvalue weighted by molar-refractivity contribution is 5.97. The van der Waals surface area contributed by atoms with Crippen molar-refractivity contribution in [3.05, 3.63) is 29.6 Å². The second kappa shape index (κ2) is 6.26. The highest BCUT2D eigenvalue weighted by Gasteiger charge is 2.11. The van der Waals surface area contributed by atoms with Crippen LogP contribution in [-0.2, 0) is 0 Å². The number of nitrogens with one attached hydrogen (secondary N) is 2. The molecule has 2 aromatic rings. The summed E-state index contributed by atoms with van der Waals surface area (Å²) in [5.41, 5.74) is 2.50. The molecule has 0 atom stereocenters. The number of aromatic amines is 1. The molecule has 0 unspecified atom stereocenters. The van der Waals surface area contributed by atoms with Crippen LogP contribution in [0.4, 0.5) is 0 Å². The van der Waals surface area contributed by atoms with Crippen molar-refractivity contribution in [1.82, 2.24) is 20.2 Å². The highest BCUT2D eigenvalue weighted by Crippen LogP contribution is 2.13. The van der Waals surface area contributed by atoms with Crippen LogP contribution in [0, 0.1) is 6.92 Å². The van der Waals surface area contributed by atoms with Gasteiger partial charge in [0.15, 0.2) is 0 Å². The number of fused-ring (bicyclic) bond motifs is 1. The van der Waals surface area contributed by atoms with E-state index in [2.05, 4.69) is 20.2 Å². The molecule has 1 saturated heterocycles. The molecule has 2 N–H and O–H groups in total. The van der Waals surface area contributed by atoms with E-state index in [1.165, 1.54) is 19.3 Å². The topological polar surface area (TPSA) is 61.0 Å². The number of imidazole rings is 1. The molecule has 1 aliphatic heterocycles. The molecule has 5 nitrogen and oxygen atoms in total. The summed E-state index contributed by atoms with van der Waals surface area (Å²) in [4.78, 5) is 22.1. The maximum Gasteiger partial charge on any atom is 0.251 e. The van der Waals surface area contributed by atoms with Crippen LogP contribution in [0.25, 0.3) is 11.0 Å². The second-order valence-electron chi connectivity index (χ2n) is 5.71. The van der Waals surface area contributed by atoms with Gasteiger partial charge in [-0.05, 0) is 51.1 Å². The Bertz CT molecular complexity index is 628. The quantitative estimate of drug-likeness (QED) is 0.904. The number of hydrogen-bond donors (Lipinski definition) is 2. The Hall–Kier alpha value is -1.88. The lowest BCUT2D eigenvalue weighted by molar-refractivity contribution is 0.0946. The molecule has 0 saturated carbocycles. The monoisotopic (exact) mass is 286 g/mol. The van der Waals surface area contributed by atoms with Crippen molar-refractivity contribution in [3.63, 3.8) is 0 Å². The minimum Gasteiger partial charge on any atom is -0.351 e. The summed E-state index contributed by atoms with van der Waals surface area (Å²) in [5, 5.41) is 3.00. The van der Waals surface area contributed by atoms with Crippen molar-refractivity contribution >= 4 is 16.9 Å². The standard InChI is InChI=1S/C16H22N4O/c1-12-18-14-6-5-13(11-15(14)19-12)16(21)17-7-10-20-8-3-2-4-9-20/h5-6,11H,2-4,7-10H2,1H3,(H,17,21)(H,18,19). The van der Waals surface area contributed by atoms with Crippen LogP contribution in [0.2, 0.25) is 0 Å². The molecule has 2 heterocycles. The minimum absolute atomic E-state index is 0.0128. The van der Waals surface area contributed by atoms with Gasteiger partial charge in [0.1, 0.15) is 5.82 Å². The number of aryl methyl sites for hydroxylation is 1. The fourth-order valence-electron chi connectivity index (χ4n) is 2.89. The molecule has 0 radical (unpaired) electrons. The van der Waals surface area contributed by atoms with Gasteiger partial charge in [0.2, 0.25) is 0 Å².